The van der Waals surface area contributed by atoms with E-state index in [9.17, 15) is 14.7 Å². The average Bonchev–Trinajstić information content (AvgIpc) is 3.09. The molecule has 0 spiro atoms. The Morgan fingerprint density at radius 3 is 1.52 bits per heavy atom. The summed E-state index contributed by atoms with van der Waals surface area (Å²) in [7, 11) is 0. The van der Waals surface area contributed by atoms with Gasteiger partial charge in [0.05, 0.1) is 19.8 Å². The Morgan fingerprint density at radius 2 is 1.02 bits per heavy atom. The number of nitrogens with zero attached hydrogens (tertiary/aromatic N) is 1. The molecule has 0 saturated heterocycles. The number of unbranched alkanes of at least 4 members (excludes halogenated alkanes) is 18. The van der Waals surface area contributed by atoms with E-state index in [1.54, 1.807) is 0 Å². The van der Waals surface area contributed by atoms with Gasteiger partial charge in [0, 0.05) is 13.0 Å². The van der Waals surface area contributed by atoms with E-state index < -0.39 is 0 Å². The largest absolute Gasteiger partial charge is 0.468 e. The molecule has 0 aliphatic carbocycles. The minimum Gasteiger partial charge on any atom is -0.468 e. The van der Waals surface area contributed by atoms with Crippen LogP contribution in [0.25, 0.3) is 0 Å². The molecule has 0 saturated carbocycles. The van der Waals surface area contributed by atoms with Gasteiger partial charge in [-0.2, -0.15) is 0 Å². The van der Waals surface area contributed by atoms with Crippen LogP contribution in [0, 0.1) is 11.8 Å². The lowest BCUT2D eigenvalue weighted by atomic mass is 9.95. The Balaban J connectivity index is 0. The van der Waals surface area contributed by atoms with E-state index >= 15 is 0 Å². The first-order valence-corrected chi connectivity index (χ1v) is 21.0. The second-order valence-electron chi connectivity index (χ2n) is 14.5. The van der Waals surface area contributed by atoms with E-state index in [2.05, 4.69) is 39.5 Å². The highest BCUT2D eigenvalue weighted by Crippen LogP contribution is 2.19. The third kappa shape index (κ3) is 39.3. The number of aliphatic hydroxyl groups is 1. The maximum Gasteiger partial charge on any atom is 0.305 e. The van der Waals surface area contributed by atoms with Crippen molar-refractivity contribution in [3.63, 3.8) is 0 Å². The number of hydrogen-bond acceptors (Lipinski definition) is 6. The lowest BCUT2D eigenvalue weighted by Gasteiger charge is -2.21. The molecule has 2 unspecified atom stereocenters. The highest BCUT2D eigenvalue weighted by Gasteiger charge is 2.10. The summed E-state index contributed by atoms with van der Waals surface area (Å²) in [5.41, 5.74) is 0. The molecule has 0 bridgehead atoms. The summed E-state index contributed by atoms with van der Waals surface area (Å²) in [6, 6.07) is 0. The molecule has 0 rings (SSSR count). The van der Waals surface area contributed by atoms with Crippen molar-refractivity contribution in [3.8, 4) is 0 Å². The van der Waals surface area contributed by atoms with Crippen LogP contribution in [0.1, 0.15) is 208 Å². The Labute approximate surface area is 300 Å². The number of esters is 1. The van der Waals surface area contributed by atoms with Gasteiger partial charge >= 0.3 is 5.97 Å². The lowest BCUT2D eigenvalue weighted by molar-refractivity contribution is -0.145. The van der Waals surface area contributed by atoms with Crippen molar-refractivity contribution in [2.24, 2.45) is 11.8 Å². The van der Waals surface area contributed by atoms with Gasteiger partial charge in [-0.05, 0) is 63.5 Å². The number of ether oxygens (including phenoxy) is 2. The predicted molar refractivity (Wildman–Crippen MR) is 207 cm³/mol. The minimum absolute atomic E-state index is 0.0356. The molecule has 0 radical (unpaired) electrons. The maximum absolute atomic E-state index is 11.9. The molecule has 48 heavy (non-hydrogen) atoms. The normalized spacial score (nSPS) is 12.4. The van der Waals surface area contributed by atoms with Crippen molar-refractivity contribution in [2.45, 2.75) is 208 Å². The predicted octanol–water partition coefficient (Wildman–Crippen LogP) is 11.8. The maximum atomic E-state index is 11.9. The van der Waals surface area contributed by atoms with Crippen molar-refractivity contribution >= 4 is 12.4 Å². The third-order valence-electron chi connectivity index (χ3n) is 9.51. The van der Waals surface area contributed by atoms with E-state index in [4.69, 9.17) is 9.47 Å². The number of hydrogen-bond donors (Lipinski definition) is 1. The zero-order valence-corrected chi connectivity index (χ0v) is 33.1. The van der Waals surface area contributed by atoms with Crippen LogP contribution >= 0.6 is 0 Å². The quantitative estimate of drug-likeness (QED) is 0.0399. The molecule has 0 aromatic heterocycles. The van der Waals surface area contributed by atoms with Crippen LogP contribution in [0.4, 0.5) is 0 Å². The fourth-order valence-electron chi connectivity index (χ4n) is 6.24. The van der Waals surface area contributed by atoms with Crippen molar-refractivity contribution in [1.82, 2.24) is 4.90 Å². The molecule has 0 amide bonds. The molecule has 0 aromatic carbocycles. The van der Waals surface area contributed by atoms with Gasteiger partial charge < -0.3 is 19.5 Å². The summed E-state index contributed by atoms with van der Waals surface area (Å²) in [5.74, 6) is 1.03. The van der Waals surface area contributed by atoms with Crippen molar-refractivity contribution < 1.29 is 24.2 Å². The average molecular weight is 684 g/mol. The Bertz CT molecular complexity index is 631. The van der Waals surface area contributed by atoms with Gasteiger partial charge in [0.25, 0.3) is 6.47 Å². The summed E-state index contributed by atoms with van der Waals surface area (Å²) in [6.45, 7) is 16.1. The van der Waals surface area contributed by atoms with Gasteiger partial charge in [-0.15, -0.1) is 0 Å². The molecular weight excluding hydrogens is 598 g/mol. The van der Waals surface area contributed by atoms with Gasteiger partial charge in [0.2, 0.25) is 0 Å². The van der Waals surface area contributed by atoms with Crippen LogP contribution in [-0.2, 0) is 19.1 Å². The minimum atomic E-state index is -0.0356. The molecule has 288 valence electrons. The summed E-state index contributed by atoms with van der Waals surface area (Å²) in [5, 5.41) is 9.22. The SMILES string of the molecule is CCCCCCCCC(C)COC(=O)CCCCCN(CCO)CCCCCC.CCCCCCCCC(CCCCCC)COC=O. The topological polar surface area (TPSA) is 76.1 Å². The lowest BCUT2D eigenvalue weighted by Crippen LogP contribution is -2.29. The molecule has 6 nitrogen and oxygen atoms in total. The summed E-state index contributed by atoms with van der Waals surface area (Å²) in [4.78, 5) is 24.6. The molecule has 0 heterocycles. The highest BCUT2D eigenvalue weighted by atomic mass is 16.5. The zero-order chi connectivity index (χ0) is 35.8. The van der Waals surface area contributed by atoms with Crippen molar-refractivity contribution in [2.75, 3.05) is 39.5 Å². The van der Waals surface area contributed by atoms with Gasteiger partial charge in [-0.1, -0.05) is 163 Å². The monoisotopic (exact) mass is 684 g/mol. The smallest absolute Gasteiger partial charge is 0.305 e. The third-order valence-corrected chi connectivity index (χ3v) is 9.51. The van der Waals surface area contributed by atoms with E-state index in [1.165, 1.54) is 148 Å². The second kappa shape index (κ2) is 42.0. The summed E-state index contributed by atoms with van der Waals surface area (Å²) in [6.07, 6.45) is 33.5. The fourth-order valence-corrected chi connectivity index (χ4v) is 6.24. The molecule has 0 aliphatic heterocycles. The number of rotatable bonds is 37. The zero-order valence-electron chi connectivity index (χ0n) is 33.1. The van der Waals surface area contributed by atoms with Crippen LogP contribution in [0.15, 0.2) is 0 Å². The van der Waals surface area contributed by atoms with E-state index in [0.717, 1.165) is 38.9 Å². The molecule has 1 N–H and O–H groups in total. The van der Waals surface area contributed by atoms with Gasteiger partial charge in [-0.25, -0.2) is 0 Å². The number of carbonyl (C=O) groups is 2. The van der Waals surface area contributed by atoms with E-state index in [-0.39, 0.29) is 12.6 Å². The standard InChI is InChI=1S/C25H51NO3.C17H34O2/c1-4-6-8-10-11-13-17-24(3)23-29-25(28)18-14-12-16-20-26(21-22-27)19-15-9-7-5-2;1-3-5-7-9-10-12-14-17(15-19-16-18)13-11-8-6-4-2/h24,27H,4-23H2,1-3H3;16-17H,3-15H2,1-2H3. The molecule has 0 aliphatic rings. The first-order valence-electron chi connectivity index (χ1n) is 21.0. The van der Waals surface area contributed by atoms with E-state index in [1.807, 2.05) is 0 Å². The first kappa shape index (κ1) is 49.0. The fraction of sp³-hybridized carbons (Fsp3) is 0.952. The Morgan fingerprint density at radius 1 is 0.583 bits per heavy atom. The van der Waals surface area contributed by atoms with Crippen LogP contribution in [0.5, 0.6) is 0 Å². The molecule has 6 heteroatoms. The highest BCUT2D eigenvalue weighted by molar-refractivity contribution is 5.69. The molecular formula is C42H85NO5. The van der Waals surface area contributed by atoms with Gasteiger partial charge in [0.1, 0.15) is 0 Å². The second-order valence-corrected chi connectivity index (χ2v) is 14.5. The van der Waals surface area contributed by atoms with Crippen LogP contribution in [-0.4, -0.2) is 61.9 Å². The molecule has 2 atom stereocenters. The summed E-state index contributed by atoms with van der Waals surface area (Å²) < 4.78 is 10.4. The summed E-state index contributed by atoms with van der Waals surface area (Å²) >= 11 is 0. The van der Waals surface area contributed by atoms with Gasteiger partial charge in [0.15, 0.2) is 0 Å². The Kier molecular flexibility index (Phi) is 42.9. The number of aliphatic hydroxyl groups excluding tert-OH is 1. The van der Waals surface area contributed by atoms with Crippen LogP contribution in [0.2, 0.25) is 0 Å². The molecule has 0 aromatic rings. The van der Waals surface area contributed by atoms with E-state index in [0.29, 0.717) is 37.9 Å². The van der Waals surface area contributed by atoms with Crippen molar-refractivity contribution in [1.29, 1.82) is 0 Å². The van der Waals surface area contributed by atoms with Crippen molar-refractivity contribution in [3.05, 3.63) is 0 Å². The molecule has 0 fully saturated rings. The van der Waals surface area contributed by atoms with Crippen LogP contribution < -0.4 is 0 Å². The Hall–Kier alpha value is -1.14. The first-order chi connectivity index (χ1) is 23.5. The van der Waals surface area contributed by atoms with Crippen LogP contribution in [0.3, 0.4) is 0 Å². The number of carbonyl (C=O) groups excluding carboxylic acids is 2. The van der Waals surface area contributed by atoms with Gasteiger partial charge in [-0.3, -0.25) is 9.59 Å².